The van der Waals surface area contributed by atoms with Crippen molar-refractivity contribution in [1.82, 2.24) is 20.5 Å². The Morgan fingerprint density at radius 2 is 2.23 bits per heavy atom. The van der Waals surface area contributed by atoms with Crippen molar-refractivity contribution < 1.29 is 4.39 Å². The first-order valence-corrected chi connectivity index (χ1v) is 9.04. The number of likely N-dealkylation sites (tertiary alicyclic amines) is 1. The Balaban J connectivity index is 0.00000243. The topological polar surface area (TPSA) is 55.5 Å². The second kappa shape index (κ2) is 10.1. The number of hydrogen-bond donors (Lipinski definition) is 3. The summed E-state index contributed by atoms with van der Waals surface area (Å²) in [4.78, 5) is 9.89. The van der Waals surface area contributed by atoms with Crippen molar-refractivity contribution in [2.24, 2.45) is 10.9 Å². The number of nitrogens with one attached hydrogen (secondary N) is 3. The summed E-state index contributed by atoms with van der Waals surface area (Å²) < 4.78 is 13.4. The molecule has 0 saturated carbocycles. The van der Waals surface area contributed by atoms with E-state index < -0.39 is 0 Å². The van der Waals surface area contributed by atoms with Gasteiger partial charge in [0.2, 0.25) is 0 Å². The van der Waals surface area contributed by atoms with Gasteiger partial charge in [-0.05, 0) is 62.5 Å². The molecule has 0 amide bonds. The lowest BCUT2D eigenvalue weighted by Crippen LogP contribution is -2.44. The maximum absolute atomic E-state index is 13.4. The largest absolute Gasteiger partial charge is 0.361 e. The average Bonchev–Trinajstić information content (AvgIpc) is 3.00. The molecule has 1 atom stereocenters. The predicted molar refractivity (Wildman–Crippen MR) is 117 cm³/mol. The van der Waals surface area contributed by atoms with E-state index in [9.17, 15) is 4.39 Å². The summed E-state index contributed by atoms with van der Waals surface area (Å²) in [6.07, 6.45) is 5.32. The van der Waals surface area contributed by atoms with Gasteiger partial charge in [-0.25, -0.2) is 4.39 Å². The quantitative estimate of drug-likeness (QED) is 0.356. The number of nitrogens with zero attached hydrogens (tertiary/aromatic N) is 2. The Morgan fingerprint density at radius 3 is 3.00 bits per heavy atom. The van der Waals surface area contributed by atoms with Crippen LogP contribution in [-0.4, -0.2) is 56.1 Å². The second-order valence-electron chi connectivity index (χ2n) is 6.90. The van der Waals surface area contributed by atoms with E-state index in [0.29, 0.717) is 5.92 Å². The smallest absolute Gasteiger partial charge is 0.190 e. The van der Waals surface area contributed by atoms with Crippen LogP contribution in [0, 0.1) is 11.7 Å². The zero-order valence-electron chi connectivity index (χ0n) is 15.5. The minimum atomic E-state index is -0.198. The van der Waals surface area contributed by atoms with Gasteiger partial charge in [-0.1, -0.05) is 0 Å². The Morgan fingerprint density at radius 1 is 1.38 bits per heavy atom. The van der Waals surface area contributed by atoms with Crippen LogP contribution >= 0.6 is 24.0 Å². The number of aromatic amines is 1. The number of fused-ring (bicyclic) bond motifs is 1. The van der Waals surface area contributed by atoms with Crippen molar-refractivity contribution in [1.29, 1.82) is 0 Å². The molecule has 144 valence electrons. The van der Waals surface area contributed by atoms with Crippen LogP contribution in [0.1, 0.15) is 18.4 Å². The van der Waals surface area contributed by atoms with Crippen LogP contribution in [0.2, 0.25) is 0 Å². The van der Waals surface area contributed by atoms with Gasteiger partial charge in [-0.3, -0.25) is 4.99 Å². The maximum atomic E-state index is 13.4. The van der Waals surface area contributed by atoms with E-state index in [2.05, 4.69) is 32.6 Å². The van der Waals surface area contributed by atoms with Crippen LogP contribution in [0.5, 0.6) is 0 Å². The number of H-pyrrole nitrogens is 1. The highest BCUT2D eigenvalue weighted by Crippen LogP contribution is 2.19. The zero-order chi connectivity index (χ0) is 17.6. The third-order valence-electron chi connectivity index (χ3n) is 4.92. The summed E-state index contributed by atoms with van der Waals surface area (Å²) in [7, 11) is 3.98. The number of hydrogen-bond acceptors (Lipinski definition) is 2. The Kier molecular flexibility index (Phi) is 8.15. The van der Waals surface area contributed by atoms with Gasteiger partial charge < -0.3 is 20.5 Å². The van der Waals surface area contributed by atoms with E-state index in [4.69, 9.17) is 0 Å². The molecule has 26 heavy (non-hydrogen) atoms. The first kappa shape index (κ1) is 21.0. The molecular weight excluding hydrogens is 444 g/mol. The Labute approximate surface area is 171 Å². The first-order valence-electron chi connectivity index (χ1n) is 9.04. The Bertz CT molecular complexity index is 730. The third-order valence-corrected chi connectivity index (χ3v) is 4.92. The van der Waals surface area contributed by atoms with Gasteiger partial charge in [0.15, 0.2) is 5.96 Å². The normalized spacial score (nSPS) is 18.6. The standard InChI is InChI=1S/C19H28FN5.HI/c1-21-19(24-11-14-4-3-9-25(2)13-14)22-8-7-15-12-23-18-6-5-16(20)10-17(15)18;/h5-6,10,12,14,23H,3-4,7-9,11,13H2,1-2H3,(H2,21,22,24);1H. The summed E-state index contributed by atoms with van der Waals surface area (Å²) in [6, 6.07) is 4.85. The molecule has 1 aliphatic heterocycles. The summed E-state index contributed by atoms with van der Waals surface area (Å²) in [5.41, 5.74) is 2.09. The highest BCUT2D eigenvalue weighted by Gasteiger charge is 2.17. The molecule has 0 spiro atoms. The van der Waals surface area contributed by atoms with Crippen LogP contribution in [0.25, 0.3) is 10.9 Å². The second-order valence-corrected chi connectivity index (χ2v) is 6.90. The van der Waals surface area contributed by atoms with Crippen LogP contribution in [0.4, 0.5) is 4.39 Å². The van der Waals surface area contributed by atoms with E-state index in [-0.39, 0.29) is 29.8 Å². The molecule has 0 radical (unpaired) electrons. The van der Waals surface area contributed by atoms with Gasteiger partial charge in [0, 0.05) is 43.8 Å². The number of piperidine rings is 1. The lowest BCUT2D eigenvalue weighted by Gasteiger charge is -2.30. The number of benzene rings is 1. The molecule has 1 aromatic heterocycles. The molecular formula is C19H29FIN5. The van der Waals surface area contributed by atoms with Gasteiger partial charge in [-0.15, -0.1) is 24.0 Å². The average molecular weight is 473 g/mol. The van der Waals surface area contributed by atoms with Gasteiger partial charge in [0.25, 0.3) is 0 Å². The highest BCUT2D eigenvalue weighted by molar-refractivity contribution is 14.0. The molecule has 3 rings (SSSR count). The highest BCUT2D eigenvalue weighted by atomic mass is 127. The van der Waals surface area contributed by atoms with E-state index in [1.807, 2.05) is 6.20 Å². The van der Waals surface area contributed by atoms with Crippen LogP contribution in [-0.2, 0) is 6.42 Å². The minimum Gasteiger partial charge on any atom is -0.361 e. The van der Waals surface area contributed by atoms with Gasteiger partial charge in [0.05, 0.1) is 0 Å². The summed E-state index contributed by atoms with van der Waals surface area (Å²) in [6.45, 7) is 4.05. The summed E-state index contributed by atoms with van der Waals surface area (Å²) in [5.74, 6) is 1.31. The number of halogens is 2. The van der Waals surface area contributed by atoms with Gasteiger partial charge in [0.1, 0.15) is 5.82 Å². The third kappa shape index (κ3) is 5.57. The molecule has 7 heteroatoms. The van der Waals surface area contributed by atoms with E-state index in [0.717, 1.165) is 48.5 Å². The van der Waals surface area contributed by atoms with Gasteiger partial charge >= 0.3 is 0 Å². The fraction of sp³-hybridized carbons (Fsp3) is 0.526. The molecule has 1 saturated heterocycles. The molecule has 1 aromatic carbocycles. The molecule has 1 unspecified atom stereocenters. The van der Waals surface area contributed by atoms with Crippen LogP contribution < -0.4 is 10.6 Å². The van der Waals surface area contributed by atoms with Crippen molar-refractivity contribution in [2.45, 2.75) is 19.3 Å². The summed E-state index contributed by atoms with van der Waals surface area (Å²) >= 11 is 0. The van der Waals surface area contributed by atoms with E-state index in [1.54, 1.807) is 19.2 Å². The van der Waals surface area contributed by atoms with Crippen molar-refractivity contribution in [3.8, 4) is 0 Å². The van der Waals surface area contributed by atoms with E-state index >= 15 is 0 Å². The van der Waals surface area contributed by atoms with Crippen LogP contribution in [0.3, 0.4) is 0 Å². The molecule has 2 aromatic rings. The fourth-order valence-electron chi connectivity index (χ4n) is 3.57. The predicted octanol–water partition coefficient (Wildman–Crippen LogP) is 2.97. The molecule has 0 aliphatic carbocycles. The van der Waals surface area contributed by atoms with E-state index in [1.165, 1.54) is 25.5 Å². The molecule has 2 heterocycles. The number of rotatable bonds is 5. The van der Waals surface area contributed by atoms with Crippen molar-refractivity contribution in [3.63, 3.8) is 0 Å². The SMILES string of the molecule is CN=C(NCCc1c[nH]c2ccc(F)cc12)NCC1CCCN(C)C1.I. The van der Waals surface area contributed by atoms with Crippen molar-refractivity contribution in [3.05, 3.63) is 35.8 Å². The zero-order valence-corrected chi connectivity index (χ0v) is 17.8. The van der Waals surface area contributed by atoms with Crippen molar-refractivity contribution in [2.75, 3.05) is 40.3 Å². The maximum Gasteiger partial charge on any atom is 0.190 e. The fourth-order valence-corrected chi connectivity index (χ4v) is 3.57. The summed E-state index contributed by atoms with van der Waals surface area (Å²) in [5, 5.41) is 7.74. The molecule has 3 N–H and O–H groups in total. The first-order chi connectivity index (χ1) is 12.2. The monoisotopic (exact) mass is 473 g/mol. The molecule has 1 fully saturated rings. The molecule has 0 bridgehead atoms. The Hall–Kier alpha value is -1.35. The van der Waals surface area contributed by atoms with Crippen molar-refractivity contribution >= 4 is 40.8 Å². The van der Waals surface area contributed by atoms with Gasteiger partial charge in [-0.2, -0.15) is 0 Å². The minimum absolute atomic E-state index is 0. The lowest BCUT2D eigenvalue weighted by molar-refractivity contribution is 0.210. The van der Waals surface area contributed by atoms with Crippen LogP contribution in [0.15, 0.2) is 29.4 Å². The molecule has 5 nitrogen and oxygen atoms in total. The lowest BCUT2D eigenvalue weighted by atomic mass is 9.99. The number of aliphatic imine (C=N–C) groups is 1. The number of aromatic nitrogens is 1. The number of guanidine groups is 1. The molecule has 1 aliphatic rings.